The molecule has 3 aliphatic heterocycles. The van der Waals surface area contributed by atoms with E-state index in [9.17, 15) is 4.79 Å². The van der Waals surface area contributed by atoms with Crippen LogP contribution in [0.15, 0.2) is 46.5 Å². The number of rotatable bonds is 2. The van der Waals surface area contributed by atoms with Gasteiger partial charge in [-0.2, -0.15) is 0 Å². The normalized spacial score (nSPS) is 19.4. The highest BCUT2D eigenvalue weighted by molar-refractivity contribution is 8.13. The lowest BCUT2D eigenvalue weighted by atomic mass is 10.1. The SMILES string of the molecule is CCSC1=NN2C(=c3ccccc3=NC2c2cc3c(cc2Cl)OCO3)C(=O)N1. The Morgan fingerprint density at radius 1 is 1.29 bits per heavy atom. The Morgan fingerprint density at radius 3 is 2.89 bits per heavy atom. The molecule has 3 heterocycles. The molecule has 1 N–H and O–H groups in total. The van der Waals surface area contributed by atoms with Gasteiger partial charge in [0.15, 0.2) is 22.8 Å². The molecule has 9 heteroatoms. The third-order valence-electron chi connectivity index (χ3n) is 4.57. The van der Waals surface area contributed by atoms with Gasteiger partial charge in [0.05, 0.1) is 10.4 Å². The second-order valence-corrected chi connectivity index (χ2v) is 7.89. The number of carbonyl (C=O) groups is 1. The monoisotopic (exact) mass is 414 g/mol. The van der Waals surface area contributed by atoms with Crippen LogP contribution in [0.4, 0.5) is 0 Å². The van der Waals surface area contributed by atoms with E-state index < -0.39 is 6.17 Å². The first-order valence-electron chi connectivity index (χ1n) is 8.74. The number of carbonyl (C=O) groups excluding carboxylic acids is 1. The van der Waals surface area contributed by atoms with Crippen molar-refractivity contribution in [3.8, 4) is 11.5 Å². The molecule has 0 aliphatic carbocycles. The van der Waals surface area contributed by atoms with Crippen molar-refractivity contribution in [1.82, 2.24) is 10.3 Å². The molecule has 142 valence electrons. The molecule has 0 bridgehead atoms. The Hall–Kier alpha value is -2.71. The molecule has 28 heavy (non-hydrogen) atoms. The van der Waals surface area contributed by atoms with E-state index in [2.05, 4.69) is 10.4 Å². The summed E-state index contributed by atoms with van der Waals surface area (Å²) < 4.78 is 10.9. The predicted molar refractivity (Wildman–Crippen MR) is 106 cm³/mol. The second-order valence-electron chi connectivity index (χ2n) is 6.23. The molecule has 2 aromatic rings. The number of benzene rings is 2. The fourth-order valence-electron chi connectivity index (χ4n) is 3.36. The summed E-state index contributed by atoms with van der Waals surface area (Å²) >= 11 is 8.01. The molecule has 0 radical (unpaired) electrons. The van der Waals surface area contributed by atoms with Crippen molar-refractivity contribution in [2.24, 2.45) is 10.1 Å². The van der Waals surface area contributed by atoms with Crippen molar-refractivity contribution in [3.05, 3.63) is 57.6 Å². The number of amides is 1. The first-order valence-corrected chi connectivity index (χ1v) is 10.1. The number of amidine groups is 1. The fourth-order valence-corrected chi connectivity index (χ4v) is 4.20. The van der Waals surface area contributed by atoms with Crippen LogP contribution in [-0.2, 0) is 4.79 Å². The number of para-hydroxylation sites is 1. The van der Waals surface area contributed by atoms with E-state index in [1.807, 2.05) is 31.2 Å². The smallest absolute Gasteiger partial charge is 0.276 e. The topological polar surface area (TPSA) is 75.5 Å². The first kappa shape index (κ1) is 17.4. The van der Waals surface area contributed by atoms with E-state index in [-0.39, 0.29) is 12.7 Å². The highest BCUT2D eigenvalue weighted by Gasteiger charge is 2.36. The van der Waals surface area contributed by atoms with Gasteiger partial charge in [-0.05, 0) is 17.9 Å². The minimum atomic E-state index is -0.592. The highest BCUT2D eigenvalue weighted by atomic mass is 35.5. The lowest BCUT2D eigenvalue weighted by Gasteiger charge is -2.34. The average molecular weight is 415 g/mol. The first-order chi connectivity index (χ1) is 13.7. The van der Waals surface area contributed by atoms with Gasteiger partial charge in [-0.3, -0.25) is 15.1 Å². The van der Waals surface area contributed by atoms with Gasteiger partial charge in [0.25, 0.3) is 5.91 Å². The van der Waals surface area contributed by atoms with E-state index in [1.165, 1.54) is 11.8 Å². The second kappa shape index (κ2) is 6.72. The number of hydrogen-bond donors (Lipinski definition) is 1. The van der Waals surface area contributed by atoms with Gasteiger partial charge in [0.1, 0.15) is 5.70 Å². The molecule has 2 aromatic carbocycles. The van der Waals surface area contributed by atoms with Crippen molar-refractivity contribution >= 4 is 40.1 Å². The molecule has 0 saturated heterocycles. The van der Waals surface area contributed by atoms with E-state index >= 15 is 0 Å². The molecule has 1 unspecified atom stereocenters. The summed E-state index contributed by atoms with van der Waals surface area (Å²) in [7, 11) is 0. The molecule has 0 aromatic heterocycles. The summed E-state index contributed by atoms with van der Waals surface area (Å²) in [6.45, 7) is 2.15. The molecule has 0 fully saturated rings. The van der Waals surface area contributed by atoms with Crippen LogP contribution in [-0.4, -0.2) is 28.6 Å². The van der Waals surface area contributed by atoms with E-state index in [1.54, 1.807) is 17.1 Å². The molecule has 7 nitrogen and oxygen atoms in total. The Morgan fingerprint density at radius 2 is 2.07 bits per heavy atom. The molecule has 0 saturated carbocycles. The van der Waals surface area contributed by atoms with Gasteiger partial charge in [-0.15, -0.1) is 5.10 Å². The summed E-state index contributed by atoms with van der Waals surface area (Å²) in [6.07, 6.45) is -0.592. The van der Waals surface area contributed by atoms with Gasteiger partial charge in [0, 0.05) is 16.8 Å². The van der Waals surface area contributed by atoms with E-state index in [0.29, 0.717) is 38.3 Å². The minimum absolute atomic E-state index is 0.151. The number of nitrogens with one attached hydrogen (secondary N) is 1. The summed E-state index contributed by atoms with van der Waals surface area (Å²) in [5.41, 5.74) is 1.14. The van der Waals surface area contributed by atoms with E-state index in [4.69, 9.17) is 26.1 Å². The third-order valence-corrected chi connectivity index (χ3v) is 5.64. The number of hydrogen-bond acceptors (Lipinski definition) is 7. The Balaban J connectivity index is 1.74. The molecule has 1 amide bonds. The van der Waals surface area contributed by atoms with Gasteiger partial charge in [0.2, 0.25) is 6.79 Å². The number of nitrogens with zero attached hydrogens (tertiary/aromatic N) is 3. The maximum atomic E-state index is 12.9. The van der Waals surface area contributed by atoms with Crippen molar-refractivity contribution in [1.29, 1.82) is 0 Å². The van der Waals surface area contributed by atoms with Crippen LogP contribution in [0.3, 0.4) is 0 Å². The average Bonchev–Trinajstić information content (AvgIpc) is 3.14. The quantitative estimate of drug-likeness (QED) is 0.813. The van der Waals surface area contributed by atoms with Crippen LogP contribution in [0.25, 0.3) is 5.70 Å². The van der Waals surface area contributed by atoms with E-state index in [0.717, 1.165) is 11.0 Å². The van der Waals surface area contributed by atoms with Gasteiger partial charge < -0.3 is 9.47 Å². The van der Waals surface area contributed by atoms with Crippen LogP contribution in [0.1, 0.15) is 18.7 Å². The summed E-state index contributed by atoms with van der Waals surface area (Å²) in [5.74, 6) is 1.76. The largest absolute Gasteiger partial charge is 0.454 e. The fraction of sp³-hybridized carbons (Fsp3) is 0.211. The maximum absolute atomic E-state index is 12.9. The molecule has 5 rings (SSSR count). The number of hydrazone groups is 1. The van der Waals surface area contributed by atoms with Crippen LogP contribution in [0.5, 0.6) is 11.5 Å². The summed E-state index contributed by atoms with van der Waals surface area (Å²) in [5, 5.41) is 11.6. The zero-order chi connectivity index (χ0) is 19.3. The molecular formula is C19H15ClN4O3S. The number of ether oxygens (including phenoxy) is 2. The molecular weight excluding hydrogens is 400 g/mol. The zero-order valence-corrected chi connectivity index (χ0v) is 16.4. The van der Waals surface area contributed by atoms with Gasteiger partial charge in [-0.1, -0.05) is 48.5 Å². The minimum Gasteiger partial charge on any atom is -0.454 e. The Labute approximate surface area is 169 Å². The van der Waals surface area contributed by atoms with Crippen molar-refractivity contribution in [2.75, 3.05) is 12.5 Å². The van der Waals surface area contributed by atoms with Gasteiger partial charge >= 0.3 is 0 Å². The maximum Gasteiger partial charge on any atom is 0.276 e. The van der Waals surface area contributed by atoms with Crippen molar-refractivity contribution < 1.29 is 14.3 Å². The predicted octanol–water partition coefficient (Wildman–Crippen LogP) is 1.96. The standard InChI is InChI=1S/C19H15ClN4O3S/c1-2-28-19-22-18(25)16-10-5-3-4-6-13(10)21-17(24(16)23-19)11-7-14-15(8-12(11)20)27-9-26-14/h3-8,17H,2,9H2,1H3,(H,22,23,25). The Kier molecular flexibility index (Phi) is 4.17. The number of thioether (sulfide) groups is 1. The van der Waals surface area contributed by atoms with Crippen molar-refractivity contribution in [2.45, 2.75) is 13.1 Å². The van der Waals surface area contributed by atoms with Crippen LogP contribution >= 0.6 is 23.4 Å². The summed E-state index contributed by atoms with van der Waals surface area (Å²) in [4.78, 5) is 17.8. The van der Waals surface area contributed by atoms with Crippen molar-refractivity contribution in [3.63, 3.8) is 0 Å². The van der Waals surface area contributed by atoms with Crippen LogP contribution < -0.4 is 25.4 Å². The molecule has 0 spiro atoms. The van der Waals surface area contributed by atoms with Crippen LogP contribution in [0, 0.1) is 0 Å². The lowest BCUT2D eigenvalue weighted by molar-refractivity contribution is -0.116. The molecule has 1 atom stereocenters. The number of halogens is 1. The van der Waals surface area contributed by atoms with Gasteiger partial charge in [-0.25, -0.2) is 5.01 Å². The molecule has 3 aliphatic rings. The zero-order valence-electron chi connectivity index (χ0n) is 14.8. The Bertz CT molecular complexity index is 1150. The lowest BCUT2D eigenvalue weighted by Crippen LogP contribution is -2.50. The van der Waals surface area contributed by atoms with Crippen LogP contribution in [0.2, 0.25) is 5.02 Å². The number of fused-ring (bicyclic) bond motifs is 3. The highest BCUT2D eigenvalue weighted by Crippen LogP contribution is 2.42. The third kappa shape index (κ3) is 2.71. The summed E-state index contributed by atoms with van der Waals surface area (Å²) in [6, 6.07) is 11.0.